The Kier molecular flexibility index (Phi) is 3.14. The van der Waals surface area contributed by atoms with Gasteiger partial charge < -0.3 is 5.32 Å². The lowest BCUT2D eigenvalue weighted by Gasteiger charge is -2.37. The van der Waals surface area contributed by atoms with E-state index in [1.165, 1.54) is 19.3 Å². The molecule has 2 heteroatoms. The third kappa shape index (κ3) is 2.31. The van der Waals surface area contributed by atoms with Gasteiger partial charge in [0.05, 0.1) is 0 Å². The summed E-state index contributed by atoms with van der Waals surface area (Å²) in [5.41, 5.74) is 1.52. The molecular formula is C16H22FN. The summed E-state index contributed by atoms with van der Waals surface area (Å²) in [5.74, 6) is 0.397. The molecule has 2 aliphatic rings. The van der Waals surface area contributed by atoms with Crippen molar-refractivity contribution >= 4 is 0 Å². The van der Waals surface area contributed by atoms with Crippen LogP contribution in [0.1, 0.15) is 50.5 Å². The van der Waals surface area contributed by atoms with E-state index in [1.807, 2.05) is 12.1 Å². The van der Waals surface area contributed by atoms with Crippen molar-refractivity contribution in [3.05, 3.63) is 35.6 Å². The molecule has 1 aromatic carbocycles. The van der Waals surface area contributed by atoms with E-state index in [0.717, 1.165) is 24.9 Å². The van der Waals surface area contributed by atoms with E-state index in [1.54, 1.807) is 12.1 Å². The van der Waals surface area contributed by atoms with Crippen LogP contribution < -0.4 is 5.32 Å². The second-order valence-corrected chi connectivity index (χ2v) is 6.12. The maximum absolute atomic E-state index is 13.6. The highest BCUT2D eigenvalue weighted by Crippen LogP contribution is 2.48. The van der Waals surface area contributed by atoms with Gasteiger partial charge in [-0.2, -0.15) is 0 Å². The SMILES string of the molecule is CCC1(CNC2CC(c3ccccc3F)C2)CC1. The van der Waals surface area contributed by atoms with E-state index in [-0.39, 0.29) is 5.82 Å². The Morgan fingerprint density at radius 1 is 1.28 bits per heavy atom. The molecule has 0 unspecified atom stereocenters. The largest absolute Gasteiger partial charge is 0.313 e. The first-order chi connectivity index (χ1) is 8.72. The molecule has 0 saturated heterocycles. The van der Waals surface area contributed by atoms with Crippen molar-refractivity contribution in [1.82, 2.24) is 5.32 Å². The molecule has 0 aromatic heterocycles. The van der Waals surface area contributed by atoms with Gasteiger partial charge in [0.15, 0.2) is 0 Å². The first-order valence-electron chi connectivity index (χ1n) is 7.20. The minimum Gasteiger partial charge on any atom is -0.313 e. The van der Waals surface area contributed by atoms with Crippen molar-refractivity contribution in [1.29, 1.82) is 0 Å². The van der Waals surface area contributed by atoms with Crippen LogP contribution in [0.5, 0.6) is 0 Å². The Morgan fingerprint density at radius 2 is 2.00 bits per heavy atom. The molecule has 0 atom stereocenters. The Bertz CT molecular complexity index is 419. The zero-order valence-electron chi connectivity index (χ0n) is 11.1. The molecule has 18 heavy (non-hydrogen) atoms. The first-order valence-corrected chi connectivity index (χ1v) is 7.20. The van der Waals surface area contributed by atoms with Crippen LogP contribution >= 0.6 is 0 Å². The van der Waals surface area contributed by atoms with Crippen molar-refractivity contribution < 1.29 is 4.39 Å². The maximum Gasteiger partial charge on any atom is 0.126 e. The number of hydrogen-bond acceptors (Lipinski definition) is 1. The van der Waals surface area contributed by atoms with E-state index < -0.39 is 0 Å². The van der Waals surface area contributed by atoms with Gasteiger partial charge in [0, 0.05) is 12.6 Å². The predicted octanol–water partition coefficient (Wildman–Crippen LogP) is 3.85. The summed E-state index contributed by atoms with van der Waals surface area (Å²) in [5, 5.41) is 3.67. The molecule has 0 amide bonds. The summed E-state index contributed by atoms with van der Waals surface area (Å²) in [4.78, 5) is 0. The van der Waals surface area contributed by atoms with Crippen LogP contribution in [0.15, 0.2) is 24.3 Å². The summed E-state index contributed by atoms with van der Waals surface area (Å²) in [6.07, 6.45) is 6.27. The lowest BCUT2D eigenvalue weighted by Crippen LogP contribution is -2.42. The van der Waals surface area contributed by atoms with Crippen LogP contribution in [-0.4, -0.2) is 12.6 Å². The normalized spacial score (nSPS) is 28.8. The van der Waals surface area contributed by atoms with Crippen molar-refractivity contribution in [3.8, 4) is 0 Å². The highest BCUT2D eigenvalue weighted by molar-refractivity contribution is 5.24. The van der Waals surface area contributed by atoms with Crippen LogP contribution in [0.25, 0.3) is 0 Å². The Labute approximate surface area is 109 Å². The van der Waals surface area contributed by atoms with E-state index in [0.29, 0.717) is 17.4 Å². The smallest absolute Gasteiger partial charge is 0.126 e. The highest BCUT2D eigenvalue weighted by atomic mass is 19.1. The lowest BCUT2D eigenvalue weighted by atomic mass is 9.75. The number of nitrogens with one attached hydrogen (secondary N) is 1. The fourth-order valence-corrected chi connectivity index (χ4v) is 3.04. The molecule has 3 rings (SSSR count). The van der Waals surface area contributed by atoms with Gasteiger partial charge in [-0.3, -0.25) is 0 Å². The molecule has 0 radical (unpaired) electrons. The first kappa shape index (κ1) is 12.2. The van der Waals surface area contributed by atoms with E-state index in [2.05, 4.69) is 12.2 Å². The fourth-order valence-electron chi connectivity index (χ4n) is 3.04. The fraction of sp³-hybridized carbons (Fsp3) is 0.625. The minimum atomic E-state index is -0.0341. The summed E-state index contributed by atoms with van der Waals surface area (Å²) in [7, 11) is 0. The zero-order valence-corrected chi connectivity index (χ0v) is 11.1. The van der Waals surface area contributed by atoms with E-state index >= 15 is 0 Å². The van der Waals surface area contributed by atoms with Crippen LogP contribution in [-0.2, 0) is 0 Å². The molecule has 0 aliphatic heterocycles. The van der Waals surface area contributed by atoms with Gasteiger partial charge in [0.2, 0.25) is 0 Å². The Hall–Kier alpha value is -0.890. The Balaban J connectivity index is 1.47. The molecule has 2 aliphatic carbocycles. The lowest BCUT2D eigenvalue weighted by molar-refractivity contribution is 0.264. The number of benzene rings is 1. The molecule has 1 aromatic rings. The summed E-state index contributed by atoms with van der Waals surface area (Å²) in [6, 6.07) is 7.83. The average molecular weight is 247 g/mol. The van der Waals surface area contributed by atoms with Gasteiger partial charge in [0.1, 0.15) is 5.82 Å². The average Bonchev–Trinajstić information content (AvgIpc) is 3.10. The molecule has 2 fully saturated rings. The van der Waals surface area contributed by atoms with Crippen molar-refractivity contribution in [2.45, 2.75) is 51.0 Å². The minimum absolute atomic E-state index is 0.0341. The van der Waals surface area contributed by atoms with Crippen LogP contribution in [0, 0.1) is 11.2 Å². The summed E-state index contributed by atoms with van der Waals surface area (Å²) in [6.45, 7) is 3.45. The van der Waals surface area contributed by atoms with Gasteiger partial charge in [-0.25, -0.2) is 4.39 Å². The second kappa shape index (κ2) is 4.65. The number of hydrogen-bond donors (Lipinski definition) is 1. The third-order valence-corrected chi connectivity index (χ3v) is 4.96. The number of halogens is 1. The van der Waals surface area contributed by atoms with Crippen LogP contribution in [0.4, 0.5) is 4.39 Å². The van der Waals surface area contributed by atoms with Gasteiger partial charge in [-0.15, -0.1) is 0 Å². The molecular weight excluding hydrogens is 225 g/mol. The van der Waals surface area contributed by atoms with Gasteiger partial charge in [0.25, 0.3) is 0 Å². The monoisotopic (exact) mass is 247 g/mol. The van der Waals surface area contributed by atoms with Crippen molar-refractivity contribution in [2.75, 3.05) is 6.54 Å². The van der Waals surface area contributed by atoms with Crippen LogP contribution in [0.3, 0.4) is 0 Å². The second-order valence-electron chi connectivity index (χ2n) is 6.12. The molecule has 2 saturated carbocycles. The molecule has 1 N–H and O–H groups in total. The molecule has 1 nitrogen and oxygen atoms in total. The highest BCUT2D eigenvalue weighted by Gasteiger charge is 2.41. The molecule has 0 heterocycles. The van der Waals surface area contributed by atoms with Gasteiger partial charge in [-0.1, -0.05) is 25.1 Å². The Morgan fingerprint density at radius 3 is 2.61 bits per heavy atom. The summed E-state index contributed by atoms with van der Waals surface area (Å²) < 4.78 is 13.6. The predicted molar refractivity (Wildman–Crippen MR) is 72.1 cm³/mol. The molecule has 98 valence electrons. The third-order valence-electron chi connectivity index (χ3n) is 4.96. The maximum atomic E-state index is 13.6. The number of rotatable bonds is 5. The quantitative estimate of drug-likeness (QED) is 0.833. The molecule has 0 bridgehead atoms. The summed E-state index contributed by atoms with van der Waals surface area (Å²) >= 11 is 0. The van der Waals surface area contributed by atoms with Crippen LogP contribution in [0.2, 0.25) is 0 Å². The van der Waals surface area contributed by atoms with Crippen molar-refractivity contribution in [3.63, 3.8) is 0 Å². The topological polar surface area (TPSA) is 12.0 Å². The van der Waals surface area contributed by atoms with Crippen molar-refractivity contribution in [2.24, 2.45) is 5.41 Å². The molecule has 0 spiro atoms. The zero-order chi connectivity index (χ0) is 12.6. The van der Waals surface area contributed by atoms with Gasteiger partial charge >= 0.3 is 0 Å². The van der Waals surface area contributed by atoms with E-state index in [9.17, 15) is 4.39 Å². The van der Waals surface area contributed by atoms with Gasteiger partial charge in [-0.05, 0) is 55.1 Å². The standard InChI is InChI=1S/C16H22FN/c1-2-16(7-8-16)11-18-13-9-12(10-13)14-5-3-4-6-15(14)17/h3-6,12-13,18H,2,7-11H2,1H3. The van der Waals surface area contributed by atoms with E-state index in [4.69, 9.17) is 0 Å².